The number of benzene rings is 2. The van der Waals surface area contributed by atoms with E-state index in [-0.39, 0.29) is 18.6 Å². The van der Waals surface area contributed by atoms with Gasteiger partial charge in [-0.2, -0.15) is 4.31 Å². The first-order valence-electron chi connectivity index (χ1n) is 9.49. The van der Waals surface area contributed by atoms with E-state index in [0.717, 1.165) is 11.1 Å². The fourth-order valence-corrected chi connectivity index (χ4v) is 4.95. The van der Waals surface area contributed by atoms with E-state index in [9.17, 15) is 13.5 Å². The van der Waals surface area contributed by atoms with Crippen LogP contribution < -0.4 is 0 Å². The van der Waals surface area contributed by atoms with Crippen molar-refractivity contribution in [2.24, 2.45) is 11.8 Å². The molecule has 0 radical (unpaired) electrons. The molecular weight excluding hydrogens is 358 g/mol. The molecule has 5 heteroatoms. The molecule has 2 rings (SSSR count). The molecule has 1 N–H and O–H groups in total. The molecule has 27 heavy (non-hydrogen) atoms. The first-order chi connectivity index (χ1) is 12.8. The molecule has 0 aliphatic rings. The van der Waals surface area contributed by atoms with Gasteiger partial charge in [0.05, 0.1) is 4.90 Å². The largest absolute Gasteiger partial charge is 0.396 e. The zero-order valence-corrected chi connectivity index (χ0v) is 17.5. The number of aliphatic hydroxyl groups is 1. The minimum absolute atomic E-state index is 0.0495. The molecule has 0 aliphatic heterocycles. The van der Waals surface area contributed by atoms with Crippen molar-refractivity contribution in [2.75, 3.05) is 6.61 Å². The van der Waals surface area contributed by atoms with Crippen molar-refractivity contribution in [1.82, 2.24) is 4.31 Å². The Morgan fingerprint density at radius 2 is 1.56 bits per heavy atom. The van der Waals surface area contributed by atoms with Crippen LogP contribution in [0.1, 0.15) is 38.3 Å². The Morgan fingerprint density at radius 1 is 0.963 bits per heavy atom. The van der Waals surface area contributed by atoms with Crippen LogP contribution >= 0.6 is 0 Å². The average molecular weight is 390 g/mol. The Kier molecular flexibility index (Phi) is 7.59. The zero-order chi connectivity index (χ0) is 20.0. The summed E-state index contributed by atoms with van der Waals surface area (Å²) in [6.45, 7) is 8.25. The second-order valence-corrected chi connectivity index (χ2v) is 9.60. The first-order valence-corrected chi connectivity index (χ1v) is 10.9. The summed E-state index contributed by atoms with van der Waals surface area (Å²) >= 11 is 0. The summed E-state index contributed by atoms with van der Waals surface area (Å²) in [6, 6.07) is 16.3. The molecule has 148 valence electrons. The van der Waals surface area contributed by atoms with E-state index in [0.29, 0.717) is 23.8 Å². The lowest BCUT2D eigenvalue weighted by molar-refractivity contribution is 0.141. The molecule has 0 aromatic heterocycles. The van der Waals surface area contributed by atoms with Crippen LogP contribution in [0.3, 0.4) is 0 Å². The van der Waals surface area contributed by atoms with Gasteiger partial charge in [-0.15, -0.1) is 0 Å². The molecule has 0 spiro atoms. The number of hydrogen-bond acceptors (Lipinski definition) is 3. The fraction of sp³-hybridized carbons (Fsp3) is 0.455. The van der Waals surface area contributed by atoms with Crippen molar-refractivity contribution >= 4 is 10.0 Å². The Bertz CT molecular complexity index is 801. The summed E-state index contributed by atoms with van der Waals surface area (Å²) in [5.41, 5.74) is 1.96. The summed E-state index contributed by atoms with van der Waals surface area (Å²) in [6.07, 6.45) is 0.694. The lowest BCUT2D eigenvalue weighted by Gasteiger charge is -2.35. The number of aryl methyl sites for hydroxylation is 1. The molecule has 0 fully saturated rings. The minimum atomic E-state index is -3.69. The molecule has 0 saturated carbocycles. The molecule has 0 heterocycles. The third-order valence-electron chi connectivity index (χ3n) is 4.84. The van der Waals surface area contributed by atoms with Crippen molar-refractivity contribution < 1.29 is 13.5 Å². The van der Waals surface area contributed by atoms with Gasteiger partial charge in [0, 0.05) is 19.2 Å². The van der Waals surface area contributed by atoms with Crippen LogP contribution in [-0.4, -0.2) is 30.5 Å². The molecule has 2 atom stereocenters. The van der Waals surface area contributed by atoms with Crippen LogP contribution in [0.5, 0.6) is 0 Å². The lowest BCUT2D eigenvalue weighted by Crippen LogP contribution is -2.45. The molecule has 2 aromatic rings. The van der Waals surface area contributed by atoms with Gasteiger partial charge in [-0.1, -0.05) is 68.8 Å². The standard InChI is InChI=1S/C22H31NO3S/c1-17(2)14-22(19(4)16-24)23(15-20-8-6-5-7-9-20)27(25,26)21-12-10-18(3)11-13-21/h5-13,17,19,22,24H,14-16H2,1-4H3/t19-,22+/m1/s1. The van der Waals surface area contributed by atoms with Gasteiger partial charge in [-0.05, 0) is 42.9 Å². The van der Waals surface area contributed by atoms with Crippen molar-refractivity contribution in [1.29, 1.82) is 0 Å². The third kappa shape index (κ3) is 5.64. The first kappa shape index (κ1) is 21.6. The van der Waals surface area contributed by atoms with Gasteiger partial charge in [0.2, 0.25) is 10.0 Å². The lowest BCUT2D eigenvalue weighted by atomic mass is 9.93. The zero-order valence-electron chi connectivity index (χ0n) is 16.7. The van der Waals surface area contributed by atoms with Crippen LogP contribution in [0, 0.1) is 18.8 Å². The maximum atomic E-state index is 13.5. The Morgan fingerprint density at radius 3 is 2.07 bits per heavy atom. The summed E-state index contributed by atoms with van der Waals surface area (Å²) in [4.78, 5) is 0.294. The van der Waals surface area contributed by atoms with Crippen LogP contribution in [0.4, 0.5) is 0 Å². The second-order valence-electron chi connectivity index (χ2n) is 7.71. The second kappa shape index (κ2) is 9.49. The van der Waals surface area contributed by atoms with Crippen molar-refractivity contribution in [3.63, 3.8) is 0 Å². The smallest absolute Gasteiger partial charge is 0.243 e. The number of hydrogen-bond donors (Lipinski definition) is 1. The van der Waals surface area contributed by atoms with Crippen molar-refractivity contribution in [3.05, 3.63) is 65.7 Å². The Balaban J connectivity index is 2.51. The summed E-state index contributed by atoms with van der Waals surface area (Å²) in [5.74, 6) is 0.159. The molecule has 2 aromatic carbocycles. The molecule has 0 aliphatic carbocycles. The van der Waals surface area contributed by atoms with Gasteiger partial charge in [-0.3, -0.25) is 0 Å². The molecule has 0 amide bonds. The predicted molar refractivity (Wildman–Crippen MR) is 110 cm³/mol. The van der Waals surface area contributed by atoms with Crippen molar-refractivity contribution in [3.8, 4) is 0 Å². The predicted octanol–water partition coefficient (Wildman–Crippen LogP) is 4.23. The number of rotatable bonds is 9. The SMILES string of the molecule is Cc1ccc(S(=O)(=O)N(Cc2ccccc2)[C@@H](CC(C)C)[C@H](C)CO)cc1. The van der Waals surface area contributed by atoms with Gasteiger partial charge in [0.15, 0.2) is 0 Å². The number of aliphatic hydroxyl groups excluding tert-OH is 1. The molecule has 0 bridgehead atoms. The van der Waals surface area contributed by atoms with E-state index < -0.39 is 10.0 Å². The molecule has 0 saturated heterocycles. The maximum Gasteiger partial charge on any atom is 0.243 e. The quantitative estimate of drug-likeness (QED) is 0.698. The van der Waals surface area contributed by atoms with Gasteiger partial charge in [-0.25, -0.2) is 8.42 Å². The van der Waals surface area contributed by atoms with Crippen LogP contribution in [0.2, 0.25) is 0 Å². The van der Waals surface area contributed by atoms with Gasteiger partial charge in [0.25, 0.3) is 0 Å². The van der Waals surface area contributed by atoms with Crippen LogP contribution in [0.25, 0.3) is 0 Å². The molecule has 4 nitrogen and oxygen atoms in total. The highest BCUT2D eigenvalue weighted by Gasteiger charge is 2.34. The highest BCUT2D eigenvalue weighted by Crippen LogP contribution is 2.28. The minimum Gasteiger partial charge on any atom is -0.396 e. The third-order valence-corrected chi connectivity index (χ3v) is 6.72. The Hall–Kier alpha value is -1.69. The van der Waals surface area contributed by atoms with Crippen LogP contribution in [-0.2, 0) is 16.6 Å². The van der Waals surface area contributed by atoms with E-state index in [1.807, 2.05) is 56.3 Å². The van der Waals surface area contributed by atoms with Crippen LogP contribution in [0.15, 0.2) is 59.5 Å². The summed E-state index contributed by atoms with van der Waals surface area (Å²) < 4.78 is 28.6. The fourth-order valence-electron chi connectivity index (χ4n) is 3.23. The topological polar surface area (TPSA) is 57.6 Å². The van der Waals surface area contributed by atoms with E-state index in [1.54, 1.807) is 16.4 Å². The highest BCUT2D eigenvalue weighted by atomic mass is 32.2. The average Bonchev–Trinajstić information content (AvgIpc) is 2.64. The Labute approximate surface area is 163 Å². The highest BCUT2D eigenvalue weighted by molar-refractivity contribution is 7.89. The van der Waals surface area contributed by atoms with E-state index in [2.05, 4.69) is 13.8 Å². The maximum absolute atomic E-state index is 13.5. The molecular formula is C22H31NO3S. The number of nitrogens with zero attached hydrogens (tertiary/aromatic N) is 1. The normalized spacial score (nSPS) is 14.5. The van der Waals surface area contributed by atoms with E-state index in [4.69, 9.17) is 0 Å². The van der Waals surface area contributed by atoms with Gasteiger partial charge < -0.3 is 5.11 Å². The van der Waals surface area contributed by atoms with Gasteiger partial charge in [0.1, 0.15) is 0 Å². The van der Waals surface area contributed by atoms with Gasteiger partial charge >= 0.3 is 0 Å². The molecule has 0 unspecified atom stereocenters. The summed E-state index contributed by atoms with van der Waals surface area (Å²) in [5, 5.41) is 9.78. The number of sulfonamides is 1. The van der Waals surface area contributed by atoms with Crippen molar-refractivity contribution in [2.45, 2.75) is 51.6 Å². The monoisotopic (exact) mass is 389 g/mol. The van der Waals surface area contributed by atoms with E-state index in [1.165, 1.54) is 0 Å². The van der Waals surface area contributed by atoms with E-state index >= 15 is 0 Å². The summed E-state index contributed by atoms with van der Waals surface area (Å²) in [7, 11) is -3.69.